The lowest BCUT2D eigenvalue weighted by molar-refractivity contribution is 0.811. The molecule has 1 aromatic heterocycles. The van der Waals surface area contributed by atoms with Crippen LogP contribution in [0.4, 0.5) is 5.69 Å². The maximum atomic E-state index is 4.91. The first-order chi connectivity index (χ1) is 13.4. The minimum Gasteiger partial charge on any atom is -0.229 e. The van der Waals surface area contributed by atoms with Crippen molar-refractivity contribution in [3.05, 3.63) is 109 Å². The molecule has 4 aromatic carbocycles. The Hall–Kier alpha value is -3.72. The van der Waals surface area contributed by atoms with Crippen LogP contribution in [0.5, 0.6) is 0 Å². The maximum Gasteiger partial charge on any atom is 0.155 e. The molecule has 3 heteroatoms. The van der Waals surface area contributed by atoms with E-state index in [1.54, 1.807) is 0 Å². The Kier molecular flexibility index (Phi) is 3.76. The molecule has 0 saturated heterocycles. The fourth-order valence-corrected chi connectivity index (χ4v) is 3.35. The molecule has 0 amide bonds. The van der Waals surface area contributed by atoms with Gasteiger partial charge in [-0.1, -0.05) is 66.7 Å². The third kappa shape index (κ3) is 2.89. The lowest BCUT2D eigenvalue weighted by atomic mass is 10.1. The number of rotatable bonds is 2. The van der Waals surface area contributed by atoms with Gasteiger partial charge in [0.05, 0.1) is 16.9 Å². The lowest BCUT2D eigenvalue weighted by Gasteiger charge is -2.10. The van der Waals surface area contributed by atoms with Crippen LogP contribution < -0.4 is 5.49 Å². The summed E-state index contributed by atoms with van der Waals surface area (Å²) >= 11 is 0. The van der Waals surface area contributed by atoms with Crippen molar-refractivity contribution in [1.29, 1.82) is 0 Å². The SMILES string of the molecule is c1ccc(N=c2cc3c(ccc4ccccc43)nn2-c2ccccc2)cc1. The van der Waals surface area contributed by atoms with E-state index in [2.05, 4.69) is 42.5 Å². The Bertz CT molecular complexity index is 1300. The number of para-hydroxylation sites is 2. The van der Waals surface area contributed by atoms with Gasteiger partial charge in [-0.05, 0) is 47.2 Å². The molecule has 3 nitrogen and oxygen atoms in total. The third-order valence-electron chi connectivity index (χ3n) is 4.65. The Labute approximate surface area is 156 Å². The maximum absolute atomic E-state index is 4.91. The summed E-state index contributed by atoms with van der Waals surface area (Å²) < 4.78 is 1.91. The summed E-state index contributed by atoms with van der Waals surface area (Å²) in [7, 11) is 0. The number of fused-ring (bicyclic) bond motifs is 3. The summed E-state index contributed by atoms with van der Waals surface area (Å²) in [6, 6.07) is 34.8. The average molecular weight is 347 g/mol. The second kappa shape index (κ2) is 6.54. The monoisotopic (exact) mass is 347 g/mol. The molecule has 27 heavy (non-hydrogen) atoms. The molecule has 0 aliphatic carbocycles. The largest absolute Gasteiger partial charge is 0.229 e. The van der Waals surface area contributed by atoms with Gasteiger partial charge in [0.2, 0.25) is 0 Å². The van der Waals surface area contributed by atoms with Gasteiger partial charge >= 0.3 is 0 Å². The molecule has 0 aliphatic heterocycles. The van der Waals surface area contributed by atoms with E-state index in [4.69, 9.17) is 10.1 Å². The molecule has 0 fully saturated rings. The van der Waals surface area contributed by atoms with Crippen LogP contribution in [0.25, 0.3) is 27.4 Å². The number of nitrogens with zero attached hydrogens (tertiary/aromatic N) is 3. The third-order valence-corrected chi connectivity index (χ3v) is 4.65. The van der Waals surface area contributed by atoms with Crippen molar-refractivity contribution in [3.8, 4) is 5.69 Å². The Morgan fingerprint density at radius 2 is 1.33 bits per heavy atom. The van der Waals surface area contributed by atoms with Gasteiger partial charge in [-0.2, -0.15) is 5.10 Å². The van der Waals surface area contributed by atoms with E-state index in [-0.39, 0.29) is 0 Å². The van der Waals surface area contributed by atoms with Gasteiger partial charge in [0, 0.05) is 5.39 Å². The summed E-state index contributed by atoms with van der Waals surface area (Å²) in [5, 5.41) is 8.41. The second-order valence-corrected chi connectivity index (χ2v) is 6.42. The van der Waals surface area contributed by atoms with E-state index < -0.39 is 0 Å². The van der Waals surface area contributed by atoms with Crippen LogP contribution in [-0.4, -0.2) is 9.78 Å². The van der Waals surface area contributed by atoms with Crippen LogP contribution in [0.15, 0.2) is 108 Å². The Morgan fingerprint density at radius 3 is 2.15 bits per heavy atom. The van der Waals surface area contributed by atoms with Crippen molar-refractivity contribution in [3.63, 3.8) is 0 Å². The highest BCUT2D eigenvalue weighted by atomic mass is 15.3. The van der Waals surface area contributed by atoms with Crippen molar-refractivity contribution in [2.75, 3.05) is 0 Å². The van der Waals surface area contributed by atoms with Crippen molar-refractivity contribution in [2.24, 2.45) is 4.99 Å². The topological polar surface area (TPSA) is 30.2 Å². The molecular formula is C24H17N3. The lowest BCUT2D eigenvalue weighted by Crippen LogP contribution is -2.21. The summed E-state index contributed by atoms with van der Waals surface area (Å²) in [4.78, 5) is 4.87. The summed E-state index contributed by atoms with van der Waals surface area (Å²) in [5.74, 6) is 0. The van der Waals surface area contributed by atoms with E-state index in [1.807, 2.05) is 65.3 Å². The molecule has 5 rings (SSSR count). The highest BCUT2D eigenvalue weighted by Crippen LogP contribution is 2.23. The van der Waals surface area contributed by atoms with Gasteiger partial charge < -0.3 is 0 Å². The highest BCUT2D eigenvalue weighted by molar-refractivity contribution is 6.05. The number of aromatic nitrogens is 2. The molecule has 0 radical (unpaired) electrons. The van der Waals surface area contributed by atoms with Crippen LogP contribution >= 0.6 is 0 Å². The van der Waals surface area contributed by atoms with Crippen LogP contribution in [0.2, 0.25) is 0 Å². The molecule has 1 heterocycles. The van der Waals surface area contributed by atoms with Crippen molar-refractivity contribution in [2.45, 2.75) is 0 Å². The molecule has 128 valence electrons. The Balaban J connectivity index is 1.88. The van der Waals surface area contributed by atoms with Crippen molar-refractivity contribution in [1.82, 2.24) is 9.78 Å². The first-order valence-corrected chi connectivity index (χ1v) is 8.95. The van der Waals surface area contributed by atoms with Crippen LogP contribution in [0.3, 0.4) is 0 Å². The highest BCUT2D eigenvalue weighted by Gasteiger charge is 2.06. The first kappa shape index (κ1) is 15.5. The van der Waals surface area contributed by atoms with Crippen LogP contribution in [-0.2, 0) is 0 Å². The minimum absolute atomic E-state index is 0.802. The Morgan fingerprint density at radius 1 is 0.630 bits per heavy atom. The van der Waals surface area contributed by atoms with Gasteiger partial charge in [0.25, 0.3) is 0 Å². The van der Waals surface area contributed by atoms with E-state index in [0.29, 0.717) is 0 Å². The predicted octanol–water partition coefficient (Wildman–Crippen LogP) is 5.41. The van der Waals surface area contributed by atoms with E-state index in [0.717, 1.165) is 27.8 Å². The molecule has 0 unspecified atom stereocenters. The second-order valence-electron chi connectivity index (χ2n) is 6.42. The molecule has 0 atom stereocenters. The minimum atomic E-state index is 0.802. The molecule has 0 N–H and O–H groups in total. The molecule has 0 bridgehead atoms. The standard InChI is InChI=1S/C24H17N3/c1-3-10-19(11-4-1)25-24-17-22-21-14-8-7-9-18(21)15-16-23(22)26-27(24)20-12-5-2-6-13-20/h1-17H. The van der Waals surface area contributed by atoms with Gasteiger partial charge in [0.15, 0.2) is 5.49 Å². The van der Waals surface area contributed by atoms with E-state index in [1.165, 1.54) is 10.8 Å². The first-order valence-electron chi connectivity index (χ1n) is 8.95. The van der Waals surface area contributed by atoms with E-state index >= 15 is 0 Å². The van der Waals surface area contributed by atoms with Gasteiger partial charge in [-0.25, -0.2) is 9.67 Å². The zero-order valence-electron chi connectivity index (χ0n) is 14.7. The zero-order chi connectivity index (χ0) is 18.1. The summed E-state index contributed by atoms with van der Waals surface area (Å²) in [5.41, 5.74) is 3.65. The number of benzene rings is 4. The normalized spacial score (nSPS) is 11.9. The fraction of sp³-hybridized carbons (Fsp3) is 0. The smallest absolute Gasteiger partial charge is 0.155 e. The molecule has 0 saturated carbocycles. The molecule has 5 aromatic rings. The summed E-state index contributed by atoms with van der Waals surface area (Å²) in [6.07, 6.45) is 0. The van der Waals surface area contributed by atoms with Crippen LogP contribution in [0, 0.1) is 0 Å². The zero-order valence-corrected chi connectivity index (χ0v) is 14.7. The fourth-order valence-electron chi connectivity index (χ4n) is 3.35. The quantitative estimate of drug-likeness (QED) is 0.393. The predicted molar refractivity (Wildman–Crippen MR) is 110 cm³/mol. The van der Waals surface area contributed by atoms with Gasteiger partial charge in [0.1, 0.15) is 0 Å². The number of hydrogen-bond acceptors (Lipinski definition) is 2. The summed E-state index contributed by atoms with van der Waals surface area (Å²) in [6.45, 7) is 0. The van der Waals surface area contributed by atoms with E-state index in [9.17, 15) is 0 Å². The molecular weight excluding hydrogens is 330 g/mol. The van der Waals surface area contributed by atoms with Gasteiger partial charge in [-0.3, -0.25) is 0 Å². The van der Waals surface area contributed by atoms with Crippen LogP contribution in [0.1, 0.15) is 0 Å². The van der Waals surface area contributed by atoms with Crippen molar-refractivity contribution < 1.29 is 0 Å². The molecule has 0 aliphatic rings. The number of hydrogen-bond donors (Lipinski definition) is 0. The van der Waals surface area contributed by atoms with Crippen molar-refractivity contribution >= 4 is 27.4 Å². The van der Waals surface area contributed by atoms with Gasteiger partial charge in [-0.15, -0.1) is 0 Å². The average Bonchev–Trinajstić information content (AvgIpc) is 2.74. The molecule has 0 spiro atoms.